The Morgan fingerprint density at radius 2 is 1.93 bits per heavy atom. The molecule has 1 atom stereocenters. The molecule has 2 aromatic heterocycles. The van der Waals surface area contributed by atoms with Crippen LogP contribution >= 0.6 is 46.7 Å². The Morgan fingerprint density at radius 3 is 2.63 bits per heavy atom. The van der Waals surface area contributed by atoms with Crippen molar-refractivity contribution >= 4 is 52.6 Å². The summed E-state index contributed by atoms with van der Waals surface area (Å²) in [5.41, 5.74) is 2.27. The number of nitrogens with zero attached hydrogens (tertiary/aromatic N) is 2. The molecule has 3 rings (SSSR count). The Balaban J connectivity index is 0.00000320. The minimum atomic E-state index is -0.943. The summed E-state index contributed by atoms with van der Waals surface area (Å²) >= 11 is 3.27. The summed E-state index contributed by atoms with van der Waals surface area (Å²) in [6.07, 6.45) is 1.94. The molecule has 0 aliphatic rings. The molecule has 0 aliphatic carbocycles. The maximum Gasteiger partial charge on any atom is 0.191 e. The lowest BCUT2D eigenvalue weighted by Crippen LogP contribution is -2.44. The minimum Gasteiger partial charge on any atom is -0.384 e. The maximum atomic E-state index is 10.7. The van der Waals surface area contributed by atoms with Crippen LogP contribution in [-0.4, -0.2) is 29.1 Å². The molecule has 0 saturated heterocycles. The average molecular weight is 557 g/mol. The second-order valence-electron chi connectivity index (χ2n) is 7.05. The predicted molar refractivity (Wildman–Crippen MR) is 138 cm³/mol. The Hall–Kier alpha value is -1.49. The molecule has 30 heavy (non-hydrogen) atoms. The third-order valence-electron chi connectivity index (χ3n) is 4.56. The third kappa shape index (κ3) is 7.64. The number of nitrogens with one attached hydrogen (secondary N) is 2. The molecule has 1 unspecified atom stereocenters. The standard InChI is InChI=1S/C22H28N4OS2.HI/c1-3-23-21(25-16-22(2,27)18-11-12-28-14-18)24-13-19-15-29-20(26-19)10-9-17-7-5-4-6-8-17;/h4-8,11-12,14-15,27H,3,9-10,13,16H2,1-2H3,(H2,23,24,25);1H. The van der Waals surface area contributed by atoms with Crippen LogP contribution in [0.25, 0.3) is 0 Å². The smallest absolute Gasteiger partial charge is 0.191 e. The van der Waals surface area contributed by atoms with Crippen molar-refractivity contribution in [3.05, 3.63) is 74.4 Å². The molecule has 3 N–H and O–H groups in total. The quantitative estimate of drug-likeness (QED) is 0.205. The van der Waals surface area contributed by atoms with Gasteiger partial charge in [0, 0.05) is 18.3 Å². The van der Waals surface area contributed by atoms with Crippen LogP contribution in [-0.2, 0) is 25.0 Å². The largest absolute Gasteiger partial charge is 0.384 e. The predicted octanol–water partition coefficient (Wildman–Crippen LogP) is 4.57. The van der Waals surface area contributed by atoms with Crippen LogP contribution in [0.15, 0.2) is 57.5 Å². The number of thiophene rings is 1. The zero-order valence-corrected chi connectivity index (χ0v) is 21.3. The third-order valence-corrected chi connectivity index (χ3v) is 6.20. The second-order valence-corrected chi connectivity index (χ2v) is 8.78. The first-order chi connectivity index (χ1) is 14.1. The van der Waals surface area contributed by atoms with E-state index in [-0.39, 0.29) is 24.0 Å². The summed E-state index contributed by atoms with van der Waals surface area (Å²) in [6.45, 7) is 5.49. The molecule has 5 nitrogen and oxygen atoms in total. The normalized spacial score (nSPS) is 13.4. The molecule has 0 saturated carbocycles. The Kier molecular flexibility index (Phi) is 10.2. The van der Waals surface area contributed by atoms with E-state index in [1.54, 1.807) is 22.7 Å². The topological polar surface area (TPSA) is 69.5 Å². The molecule has 3 aromatic rings. The lowest BCUT2D eigenvalue weighted by atomic mass is 9.99. The molecule has 0 spiro atoms. The monoisotopic (exact) mass is 556 g/mol. The SMILES string of the molecule is CCNC(=NCc1csc(CCc2ccccc2)n1)NCC(C)(O)c1ccsc1.I. The highest BCUT2D eigenvalue weighted by Gasteiger charge is 2.23. The van der Waals surface area contributed by atoms with Crippen LogP contribution in [0, 0.1) is 0 Å². The van der Waals surface area contributed by atoms with E-state index in [9.17, 15) is 5.11 Å². The van der Waals surface area contributed by atoms with Gasteiger partial charge in [0.05, 0.1) is 23.8 Å². The van der Waals surface area contributed by atoms with E-state index in [0.717, 1.165) is 35.7 Å². The van der Waals surface area contributed by atoms with E-state index in [1.807, 2.05) is 36.7 Å². The van der Waals surface area contributed by atoms with Crippen molar-refractivity contribution in [1.82, 2.24) is 15.6 Å². The second kappa shape index (κ2) is 12.4. The summed E-state index contributed by atoms with van der Waals surface area (Å²) in [6, 6.07) is 12.4. The fourth-order valence-electron chi connectivity index (χ4n) is 2.86. The molecule has 8 heteroatoms. The zero-order chi connectivity index (χ0) is 20.5. The Morgan fingerprint density at radius 1 is 1.13 bits per heavy atom. The molecule has 0 bridgehead atoms. The lowest BCUT2D eigenvalue weighted by Gasteiger charge is -2.24. The van der Waals surface area contributed by atoms with Crippen molar-refractivity contribution in [2.75, 3.05) is 13.1 Å². The lowest BCUT2D eigenvalue weighted by molar-refractivity contribution is 0.0621. The van der Waals surface area contributed by atoms with Gasteiger partial charge in [0.25, 0.3) is 0 Å². The Labute approximate surface area is 203 Å². The van der Waals surface area contributed by atoms with E-state index in [0.29, 0.717) is 19.0 Å². The molecular weight excluding hydrogens is 527 g/mol. The summed E-state index contributed by atoms with van der Waals surface area (Å²) < 4.78 is 0. The molecular formula is C22H29IN4OS2. The van der Waals surface area contributed by atoms with Crippen molar-refractivity contribution < 1.29 is 5.11 Å². The highest BCUT2D eigenvalue weighted by molar-refractivity contribution is 14.0. The van der Waals surface area contributed by atoms with E-state index in [2.05, 4.69) is 45.3 Å². The van der Waals surface area contributed by atoms with E-state index >= 15 is 0 Å². The van der Waals surface area contributed by atoms with E-state index < -0.39 is 5.60 Å². The summed E-state index contributed by atoms with van der Waals surface area (Å²) in [7, 11) is 0. The fraction of sp³-hybridized carbons (Fsp3) is 0.364. The van der Waals surface area contributed by atoms with Gasteiger partial charge in [-0.05, 0) is 48.2 Å². The van der Waals surface area contributed by atoms with Crippen LogP contribution in [0.2, 0.25) is 0 Å². The molecule has 0 fully saturated rings. The number of aryl methyl sites for hydroxylation is 2. The van der Waals surface area contributed by atoms with Crippen LogP contribution in [0.5, 0.6) is 0 Å². The molecule has 0 amide bonds. The number of aliphatic hydroxyl groups is 1. The van der Waals surface area contributed by atoms with E-state index in [4.69, 9.17) is 4.98 Å². The number of hydrogen-bond acceptors (Lipinski definition) is 5. The highest BCUT2D eigenvalue weighted by Crippen LogP contribution is 2.22. The van der Waals surface area contributed by atoms with E-state index in [1.165, 1.54) is 5.56 Å². The van der Waals surface area contributed by atoms with Gasteiger partial charge in [-0.1, -0.05) is 30.3 Å². The van der Waals surface area contributed by atoms with Crippen LogP contribution in [0.4, 0.5) is 0 Å². The summed E-state index contributed by atoms with van der Waals surface area (Å²) in [4.78, 5) is 9.34. The number of guanidine groups is 1. The van der Waals surface area contributed by atoms with Gasteiger partial charge in [0.1, 0.15) is 5.60 Å². The molecule has 0 aliphatic heterocycles. The van der Waals surface area contributed by atoms with Crippen molar-refractivity contribution in [2.45, 2.75) is 38.8 Å². The van der Waals surface area contributed by atoms with Gasteiger partial charge in [-0.2, -0.15) is 11.3 Å². The maximum absolute atomic E-state index is 10.7. The number of halogens is 1. The van der Waals surface area contributed by atoms with Gasteiger partial charge in [0.2, 0.25) is 0 Å². The van der Waals surface area contributed by atoms with Gasteiger partial charge in [-0.15, -0.1) is 35.3 Å². The minimum absolute atomic E-state index is 0. The Bertz CT molecular complexity index is 895. The van der Waals surface area contributed by atoms with Crippen LogP contribution in [0.1, 0.15) is 35.7 Å². The average Bonchev–Trinajstić information content (AvgIpc) is 3.42. The van der Waals surface area contributed by atoms with Crippen molar-refractivity contribution in [2.24, 2.45) is 4.99 Å². The number of hydrogen-bond donors (Lipinski definition) is 3. The first-order valence-corrected chi connectivity index (χ1v) is 11.6. The molecule has 0 radical (unpaired) electrons. The van der Waals surface area contributed by atoms with Crippen molar-refractivity contribution in [3.8, 4) is 0 Å². The van der Waals surface area contributed by atoms with Crippen molar-refractivity contribution in [1.29, 1.82) is 0 Å². The molecule has 1 aromatic carbocycles. The van der Waals surface area contributed by atoms with Gasteiger partial charge in [0.15, 0.2) is 5.96 Å². The van der Waals surface area contributed by atoms with Gasteiger partial charge < -0.3 is 15.7 Å². The first kappa shape index (κ1) is 24.8. The number of aromatic nitrogens is 1. The van der Waals surface area contributed by atoms with Crippen LogP contribution in [0.3, 0.4) is 0 Å². The molecule has 162 valence electrons. The number of aliphatic imine (C=N–C) groups is 1. The summed E-state index contributed by atoms with van der Waals surface area (Å²) in [5, 5.41) is 24.3. The first-order valence-electron chi connectivity index (χ1n) is 9.81. The van der Waals surface area contributed by atoms with Gasteiger partial charge >= 0.3 is 0 Å². The van der Waals surface area contributed by atoms with Crippen LogP contribution < -0.4 is 10.6 Å². The van der Waals surface area contributed by atoms with Gasteiger partial charge in [-0.25, -0.2) is 9.98 Å². The number of rotatable bonds is 9. The van der Waals surface area contributed by atoms with Crippen molar-refractivity contribution in [3.63, 3.8) is 0 Å². The fourth-order valence-corrected chi connectivity index (χ4v) is 4.43. The number of thiazole rings is 1. The van der Waals surface area contributed by atoms with Gasteiger partial charge in [-0.3, -0.25) is 0 Å². The molecule has 2 heterocycles. The number of benzene rings is 1. The zero-order valence-electron chi connectivity index (χ0n) is 17.3. The highest BCUT2D eigenvalue weighted by atomic mass is 127. The summed E-state index contributed by atoms with van der Waals surface area (Å²) in [5.74, 6) is 0.682.